The fraction of sp³-hybridized carbons (Fsp3) is 0.0833. The number of carbonyl (C=O) groups excluding carboxylic acids is 1. The number of benzene rings is 3. The van der Waals surface area contributed by atoms with Crippen LogP contribution in [0.25, 0.3) is 10.9 Å². The predicted octanol–water partition coefficient (Wildman–Crippen LogP) is 4.78. The molecule has 0 spiro atoms. The van der Waals surface area contributed by atoms with Crippen molar-refractivity contribution in [2.24, 2.45) is 15.3 Å². The number of rotatable bonds is 4. The van der Waals surface area contributed by atoms with E-state index in [0.717, 1.165) is 11.1 Å². The van der Waals surface area contributed by atoms with E-state index in [1.54, 1.807) is 6.07 Å². The van der Waals surface area contributed by atoms with Gasteiger partial charge in [0.05, 0.1) is 5.52 Å². The summed E-state index contributed by atoms with van der Waals surface area (Å²) in [4.78, 5) is 15.6. The Morgan fingerprint density at radius 1 is 0.903 bits per heavy atom. The van der Waals surface area contributed by atoms with Gasteiger partial charge in [0.2, 0.25) is 5.88 Å². The van der Waals surface area contributed by atoms with Gasteiger partial charge in [0.1, 0.15) is 11.3 Å². The van der Waals surface area contributed by atoms with Crippen LogP contribution in [0.4, 0.5) is 5.69 Å². The molecule has 7 heteroatoms. The van der Waals surface area contributed by atoms with E-state index in [9.17, 15) is 9.90 Å². The summed E-state index contributed by atoms with van der Waals surface area (Å²) in [6.45, 7) is 0. The average Bonchev–Trinajstić information content (AvgIpc) is 3.41. The molecule has 4 aromatic rings. The number of nitrogens with one attached hydrogen (secondary N) is 2. The van der Waals surface area contributed by atoms with Crippen molar-refractivity contribution in [1.82, 2.24) is 10.4 Å². The quantitative estimate of drug-likeness (QED) is 0.423. The van der Waals surface area contributed by atoms with Gasteiger partial charge in [-0.25, -0.2) is 0 Å². The molecule has 0 atom stereocenters. The fourth-order valence-electron chi connectivity index (χ4n) is 3.93. The van der Waals surface area contributed by atoms with Gasteiger partial charge in [-0.3, -0.25) is 10.2 Å². The van der Waals surface area contributed by atoms with Crippen molar-refractivity contribution >= 4 is 28.2 Å². The number of hydrazone groups is 1. The molecule has 1 amide bonds. The van der Waals surface area contributed by atoms with Crippen molar-refractivity contribution in [3.8, 4) is 5.88 Å². The summed E-state index contributed by atoms with van der Waals surface area (Å²) in [5.41, 5.74) is 5.73. The van der Waals surface area contributed by atoms with Gasteiger partial charge >= 0.3 is 5.91 Å². The van der Waals surface area contributed by atoms with E-state index in [1.807, 2.05) is 78.9 Å². The van der Waals surface area contributed by atoms with Crippen LogP contribution >= 0.6 is 0 Å². The number of aromatic hydroxyl groups is 1. The fourth-order valence-corrected chi connectivity index (χ4v) is 3.93. The largest absolute Gasteiger partial charge is 0.493 e. The lowest BCUT2D eigenvalue weighted by Gasteiger charge is -2.30. The van der Waals surface area contributed by atoms with Gasteiger partial charge in [-0.15, -0.1) is 10.2 Å². The Morgan fingerprint density at radius 3 is 2.19 bits per heavy atom. The zero-order valence-electron chi connectivity index (χ0n) is 16.5. The van der Waals surface area contributed by atoms with E-state index in [0.29, 0.717) is 17.3 Å². The number of aromatic nitrogens is 1. The van der Waals surface area contributed by atoms with Crippen molar-refractivity contribution < 1.29 is 9.90 Å². The van der Waals surface area contributed by atoms with Crippen LogP contribution in [0.5, 0.6) is 5.88 Å². The van der Waals surface area contributed by atoms with E-state index in [4.69, 9.17) is 0 Å². The molecule has 0 bridgehead atoms. The summed E-state index contributed by atoms with van der Waals surface area (Å²) < 4.78 is 0. The zero-order chi connectivity index (χ0) is 21.3. The van der Waals surface area contributed by atoms with Crippen molar-refractivity contribution in [1.29, 1.82) is 0 Å². The molecule has 0 radical (unpaired) electrons. The first-order chi connectivity index (χ1) is 15.2. The normalized spacial score (nSPS) is 15.2. The van der Waals surface area contributed by atoms with Gasteiger partial charge in [-0.2, -0.15) is 5.10 Å². The van der Waals surface area contributed by atoms with Gasteiger partial charge in [0, 0.05) is 11.8 Å². The number of hydrogen-bond acceptors (Lipinski definition) is 5. The second-order valence-corrected chi connectivity index (χ2v) is 7.36. The Labute approximate surface area is 178 Å². The Bertz CT molecular complexity index is 1270. The van der Waals surface area contributed by atoms with E-state index in [2.05, 4.69) is 25.7 Å². The maximum atomic E-state index is 12.8. The third kappa shape index (κ3) is 3.26. The predicted molar refractivity (Wildman–Crippen MR) is 118 cm³/mol. The van der Waals surface area contributed by atoms with Crippen LogP contribution in [-0.4, -0.2) is 21.7 Å². The summed E-state index contributed by atoms with van der Waals surface area (Å²) >= 11 is 0. The third-order valence-corrected chi connectivity index (χ3v) is 5.49. The first-order valence-corrected chi connectivity index (χ1v) is 9.88. The molecule has 5 rings (SSSR count). The third-order valence-electron chi connectivity index (χ3n) is 5.49. The van der Waals surface area contributed by atoms with Gasteiger partial charge in [0.15, 0.2) is 5.69 Å². The zero-order valence-corrected chi connectivity index (χ0v) is 16.5. The minimum absolute atomic E-state index is 0.132. The molecule has 7 nitrogen and oxygen atoms in total. The number of fused-ring (bicyclic) bond motifs is 1. The van der Waals surface area contributed by atoms with E-state index in [-0.39, 0.29) is 17.3 Å². The lowest BCUT2D eigenvalue weighted by atomic mass is 9.80. The number of amides is 1. The van der Waals surface area contributed by atoms with Crippen LogP contribution in [0, 0.1) is 0 Å². The highest BCUT2D eigenvalue weighted by molar-refractivity contribution is 6.39. The molecule has 1 aliphatic heterocycles. The van der Waals surface area contributed by atoms with Crippen molar-refractivity contribution in [3.63, 3.8) is 0 Å². The van der Waals surface area contributed by atoms with Crippen LogP contribution < -0.4 is 5.43 Å². The van der Waals surface area contributed by atoms with Crippen molar-refractivity contribution in [3.05, 3.63) is 96.1 Å². The summed E-state index contributed by atoms with van der Waals surface area (Å²) in [6.07, 6.45) is 0.332. The molecule has 1 aliphatic rings. The summed E-state index contributed by atoms with van der Waals surface area (Å²) in [5, 5.41) is 23.0. The highest BCUT2D eigenvalue weighted by Crippen LogP contribution is 2.38. The molecule has 2 heterocycles. The van der Waals surface area contributed by atoms with Crippen LogP contribution in [-0.2, 0) is 10.3 Å². The molecular weight excluding hydrogens is 390 g/mol. The Kier molecular flexibility index (Phi) is 4.55. The number of H-pyrrole nitrogens is 1. The first-order valence-electron chi connectivity index (χ1n) is 9.88. The van der Waals surface area contributed by atoms with Gasteiger partial charge < -0.3 is 10.1 Å². The molecule has 152 valence electrons. The molecule has 3 N–H and O–H groups in total. The monoisotopic (exact) mass is 409 g/mol. The highest BCUT2D eigenvalue weighted by atomic mass is 16.3. The number of nitrogens with zero attached hydrogens (tertiary/aromatic N) is 3. The molecule has 1 aromatic heterocycles. The topological polar surface area (TPSA) is 102 Å². The maximum Gasteiger partial charge on any atom is 0.311 e. The molecule has 0 saturated heterocycles. The minimum Gasteiger partial charge on any atom is -0.493 e. The molecule has 0 saturated carbocycles. The summed E-state index contributed by atoms with van der Waals surface area (Å²) in [5.74, 6) is -0.682. The SMILES string of the molecule is O=C(N=Nc1c(O)[nH]c2ccccc12)C1=NNC(c2ccccc2)(c2ccccc2)C1. The molecule has 0 aliphatic carbocycles. The van der Waals surface area contributed by atoms with Crippen molar-refractivity contribution in [2.75, 3.05) is 0 Å². The first kappa shape index (κ1) is 18.7. The molecule has 0 unspecified atom stereocenters. The van der Waals surface area contributed by atoms with Crippen LogP contribution in [0.15, 0.2) is 100 Å². The second kappa shape index (κ2) is 7.53. The minimum atomic E-state index is -0.661. The van der Waals surface area contributed by atoms with E-state index < -0.39 is 11.4 Å². The molecule has 3 aromatic carbocycles. The lowest BCUT2D eigenvalue weighted by molar-refractivity contribution is -0.112. The standard InChI is InChI=1S/C24H19N5O2/c30-22(28-27-21-18-13-7-8-14-19(18)25-23(21)31)20-15-24(29-26-20,16-9-3-1-4-10-16)17-11-5-2-6-12-17/h1-14,25,29,31H,15H2. The Hall–Kier alpha value is -4.26. The average molecular weight is 409 g/mol. The van der Waals surface area contributed by atoms with E-state index >= 15 is 0 Å². The maximum absolute atomic E-state index is 12.8. The smallest absolute Gasteiger partial charge is 0.311 e. The van der Waals surface area contributed by atoms with Crippen LogP contribution in [0.2, 0.25) is 0 Å². The summed E-state index contributed by atoms with van der Waals surface area (Å²) in [6, 6.07) is 27.1. The number of aromatic amines is 1. The molecule has 0 fully saturated rings. The van der Waals surface area contributed by atoms with E-state index in [1.165, 1.54) is 0 Å². The molecule has 31 heavy (non-hydrogen) atoms. The summed E-state index contributed by atoms with van der Waals surface area (Å²) in [7, 11) is 0. The van der Waals surface area contributed by atoms with Gasteiger partial charge in [0.25, 0.3) is 0 Å². The Balaban J connectivity index is 1.45. The van der Waals surface area contributed by atoms with Gasteiger partial charge in [-0.05, 0) is 17.2 Å². The van der Waals surface area contributed by atoms with Crippen LogP contribution in [0.3, 0.4) is 0 Å². The highest BCUT2D eigenvalue weighted by Gasteiger charge is 2.41. The van der Waals surface area contributed by atoms with Gasteiger partial charge in [-0.1, -0.05) is 78.9 Å². The van der Waals surface area contributed by atoms with Crippen LogP contribution in [0.1, 0.15) is 17.5 Å². The second-order valence-electron chi connectivity index (χ2n) is 7.36. The number of hydrogen-bond donors (Lipinski definition) is 3. The lowest BCUT2D eigenvalue weighted by Crippen LogP contribution is -2.37. The van der Waals surface area contributed by atoms with Crippen molar-refractivity contribution in [2.45, 2.75) is 12.0 Å². The number of carbonyl (C=O) groups is 1. The number of para-hydroxylation sites is 1. The number of azo groups is 1. The molecular formula is C24H19N5O2. The Morgan fingerprint density at radius 2 is 1.52 bits per heavy atom.